The number of hydrogen-bond acceptors (Lipinski definition) is 6. The van der Waals surface area contributed by atoms with Crippen molar-refractivity contribution in [1.29, 1.82) is 0 Å². The Bertz CT molecular complexity index is 863. The van der Waals surface area contributed by atoms with E-state index in [-0.39, 0.29) is 5.56 Å². The van der Waals surface area contributed by atoms with Gasteiger partial charge in [-0.1, -0.05) is 18.2 Å². The van der Waals surface area contributed by atoms with Crippen molar-refractivity contribution in [1.82, 2.24) is 9.36 Å². The average molecular weight is 342 g/mol. The van der Waals surface area contributed by atoms with Gasteiger partial charge in [0, 0.05) is 18.0 Å². The molecule has 7 heteroatoms. The number of aromatic carboxylic acids is 1. The van der Waals surface area contributed by atoms with Gasteiger partial charge in [0.1, 0.15) is 11.5 Å². The van der Waals surface area contributed by atoms with Crippen molar-refractivity contribution in [3.8, 4) is 16.7 Å². The summed E-state index contributed by atoms with van der Waals surface area (Å²) in [6, 6.07) is 13.9. The standard InChI is InChI=1S/C17H14N2O4S/c1-22-13-6-2-4-11(8-13)9-15-18-17(24-19-15)23-14-7-3-5-12(10-14)16(20)21/h2-8,10H,9H2,1H3,(H,20,21). The predicted octanol–water partition coefficient (Wildman–Crippen LogP) is 3.63. The Labute approximate surface area is 142 Å². The smallest absolute Gasteiger partial charge is 0.335 e. The van der Waals surface area contributed by atoms with Crippen LogP contribution in [-0.4, -0.2) is 27.5 Å². The highest BCUT2D eigenvalue weighted by molar-refractivity contribution is 7.07. The summed E-state index contributed by atoms with van der Waals surface area (Å²) in [5, 5.41) is 9.37. The first kappa shape index (κ1) is 15.9. The van der Waals surface area contributed by atoms with Crippen LogP contribution in [-0.2, 0) is 6.42 Å². The molecule has 0 unspecified atom stereocenters. The summed E-state index contributed by atoms with van der Waals surface area (Å²) >= 11 is 1.13. The molecule has 24 heavy (non-hydrogen) atoms. The third kappa shape index (κ3) is 3.88. The highest BCUT2D eigenvalue weighted by Gasteiger charge is 2.09. The van der Waals surface area contributed by atoms with Gasteiger partial charge in [-0.3, -0.25) is 0 Å². The largest absolute Gasteiger partial charge is 0.497 e. The molecule has 0 spiro atoms. The van der Waals surface area contributed by atoms with Gasteiger partial charge in [-0.15, -0.1) is 0 Å². The molecule has 0 aliphatic rings. The van der Waals surface area contributed by atoms with E-state index in [1.807, 2.05) is 24.3 Å². The van der Waals surface area contributed by atoms with E-state index in [2.05, 4.69) is 9.36 Å². The van der Waals surface area contributed by atoms with E-state index in [9.17, 15) is 4.79 Å². The molecule has 0 saturated heterocycles. The van der Waals surface area contributed by atoms with Crippen molar-refractivity contribution in [3.05, 3.63) is 65.5 Å². The SMILES string of the molecule is COc1cccc(Cc2nsc(Oc3cccc(C(=O)O)c3)n2)c1. The van der Waals surface area contributed by atoms with Crippen LogP contribution >= 0.6 is 11.5 Å². The van der Waals surface area contributed by atoms with Crippen LogP contribution in [0.2, 0.25) is 0 Å². The molecule has 3 rings (SSSR count). The summed E-state index contributed by atoms with van der Waals surface area (Å²) < 4.78 is 15.1. The van der Waals surface area contributed by atoms with Gasteiger partial charge in [-0.05, 0) is 35.9 Å². The number of carboxylic acids is 1. The first-order valence-corrected chi connectivity index (χ1v) is 7.88. The fourth-order valence-corrected chi connectivity index (χ4v) is 2.68. The molecule has 0 aliphatic carbocycles. The lowest BCUT2D eigenvalue weighted by molar-refractivity contribution is 0.0696. The van der Waals surface area contributed by atoms with Crippen LogP contribution in [0.3, 0.4) is 0 Å². The van der Waals surface area contributed by atoms with Gasteiger partial charge in [0.2, 0.25) is 0 Å². The number of methoxy groups -OCH3 is 1. The maximum Gasteiger partial charge on any atom is 0.335 e. The summed E-state index contributed by atoms with van der Waals surface area (Å²) in [5.74, 6) is 0.831. The summed E-state index contributed by atoms with van der Waals surface area (Å²) in [5.41, 5.74) is 1.19. The van der Waals surface area contributed by atoms with E-state index < -0.39 is 5.97 Å². The van der Waals surface area contributed by atoms with Crippen LogP contribution in [0.5, 0.6) is 16.7 Å². The summed E-state index contributed by atoms with van der Waals surface area (Å²) in [4.78, 5) is 15.3. The fourth-order valence-electron chi connectivity index (χ4n) is 2.11. The van der Waals surface area contributed by atoms with E-state index in [0.29, 0.717) is 23.2 Å². The molecule has 0 amide bonds. The number of carbonyl (C=O) groups is 1. The van der Waals surface area contributed by atoms with Crippen molar-refractivity contribution in [3.63, 3.8) is 0 Å². The Morgan fingerprint density at radius 2 is 1.96 bits per heavy atom. The van der Waals surface area contributed by atoms with Crippen LogP contribution in [0.4, 0.5) is 0 Å². The molecule has 0 aliphatic heterocycles. The quantitative estimate of drug-likeness (QED) is 0.737. The number of nitrogens with zero attached hydrogens (tertiary/aromatic N) is 2. The van der Waals surface area contributed by atoms with Crippen molar-refractivity contribution >= 4 is 17.5 Å². The van der Waals surface area contributed by atoms with Gasteiger partial charge in [0.15, 0.2) is 5.82 Å². The molecular formula is C17H14N2O4S. The van der Waals surface area contributed by atoms with E-state index in [1.54, 1.807) is 19.2 Å². The Hall–Kier alpha value is -2.93. The fraction of sp³-hybridized carbons (Fsp3) is 0.118. The molecule has 1 aromatic heterocycles. The second kappa shape index (κ2) is 7.10. The van der Waals surface area contributed by atoms with Crippen molar-refractivity contribution in [2.24, 2.45) is 0 Å². The minimum absolute atomic E-state index is 0.161. The molecule has 1 heterocycles. The van der Waals surface area contributed by atoms with Gasteiger partial charge < -0.3 is 14.6 Å². The van der Waals surface area contributed by atoms with Gasteiger partial charge >= 0.3 is 5.97 Å². The first-order chi connectivity index (χ1) is 11.6. The lowest BCUT2D eigenvalue weighted by atomic mass is 10.1. The average Bonchev–Trinajstić information content (AvgIpc) is 3.02. The number of hydrogen-bond donors (Lipinski definition) is 1. The van der Waals surface area contributed by atoms with E-state index in [4.69, 9.17) is 14.6 Å². The Morgan fingerprint density at radius 1 is 1.17 bits per heavy atom. The monoisotopic (exact) mass is 342 g/mol. The summed E-state index contributed by atoms with van der Waals surface area (Å²) in [7, 11) is 1.62. The topological polar surface area (TPSA) is 81.5 Å². The highest BCUT2D eigenvalue weighted by atomic mass is 32.1. The highest BCUT2D eigenvalue weighted by Crippen LogP contribution is 2.25. The first-order valence-electron chi connectivity index (χ1n) is 7.11. The number of ether oxygens (including phenoxy) is 2. The molecule has 0 fully saturated rings. The summed E-state index contributed by atoms with van der Waals surface area (Å²) in [6.45, 7) is 0. The van der Waals surface area contributed by atoms with Gasteiger partial charge in [-0.2, -0.15) is 9.36 Å². The van der Waals surface area contributed by atoms with Crippen LogP contribution in [0.1, 0.15) is 21.7 Å². The number of rotatable bonds is 6. The minimum atomic E-state index is -1.00. The molecule has 6 nitrogen and oxygen atoms in total. The maximum absolute atomic E-state index is 11.0. The van der Waals surface area contributed by atoms with Crippen LogP contribution in [0.25, 0.3) is 0 Å². The molecule has 2 aromatic carbocycles. The zero-order valence-corrected chi connectivity index (χ0v) is 13.6. The normalized spacial score (nSPS) is 10.4. The molecule has 1 N–H and O–H groups in total. The zero-order chi connectivity index (χ0) is 16.9. The number of carboxylic acid groups (broad SMARTS) is 1. The zero-order valence-electron chi connectivity index (χ0n) is 12.8. The Kier molecular flexibility index (Phi) is 4.72. The lowest BCUT2D eigenvalue weighted by Gasteiger charge is -2.02. The third-order valence-electron chi connectivity index (χ3n) is 3.23. The summed E-state index contributed by atoms with van der Waals surface area (Å²) in [6.07, 6.45) is 0.562. The molecule has 0 radical (unpaired) electrons. The molecule has 122 valence electrons. The number of benzene rings is 2. The van der Waals surface area contributed by atoms with Gasteiger partial charge in [-0.25, -0.2) is 4.79 Å². The van der Waals surface area contributed by atoms with Crippen molar-refractivity contribution in [2.75, 3.05) is 7.11 Å². The predicted molar refractivity (Wildman–Crippen MR) is 89.2 cm³/mol. The van der Waals surface area contributed by atoms with Crippen LogP contribution in [0, 0.1) is 0 Å². The van der Waals surface area contributed by atoms with Crippen LogP contribution in [0.15, 0.2) is 48.5 Å². The number of aromatic nitrogens is 2. The molecule has 3 aromatic rings. The third-order valence-corrected chi connectivity index (χ3v) is 3.86. The molecular weight excluding hydrogens is 328 g/mol. The van der Waals surface area contributed by atoms with Crippen LogP contribution < -0.4 is 9.47 Å². The second-order valence-corrected chi connectivity index (χ2v) is 5.65. The molecule has 0 saturated carbocycles. The van der Waals surface area contributed by atoms with Gasteiger partial charge in [0.25, 0.3) is 5.19 Å². The Morgan fingerprint density at radius 3 is 2.75 bits per heavy atom. The molecule has 0 bridgehead atoms. The maximum atomic E-state index is 11.0. The van der Waals surface area contributed by atoms with E-state index >= 15 is 0 Å². The van der Waals surface area contributed by atoms with Gasteiger partial charge in [0.05, 0.1) is 12.7 Å². The lowest BCUT2D eigenvalue weighted by Crippen LogP contribution is -1.96. The minimum Gasteiger partial charge on any atom is -0.497 e. The van der Waals surface area contributed by atoms with Crippen molar-refractivity contribution < 1.29 is 19.4 Å². The second-order valence-electron chi connectivity index (χ2n) is 4.94. The van der Waals surface area contributed by atoms with Crippen molar-refractivity contribution in [2.45, 2.75) is 6.42 Å². The Balaban J connectivity index is 1.71. The van der Waals surface area contributed by atoms with E-state index in [1.165, 1.54) is 12.1 Å². The molecule has 0 atom stereocenters. The van der Waals surface area contributed by atoms with E-state index in [0.717, 1.165) is 22.8 Å².